The Hall–Kier alpha value is -1.37. The molecule has 1 aromatic rings. The Balaban J connectivity index is 3.16. The zero-order valence-electron chi connectivity index (χ0n) is 9.78. The molecule has 0 spiro atoms. The number of aliphatic hydroxyl groups excluding tert-OH is 1. The Kier molecular flexibility index (Phi) is 4.50. The standard InChI is InChI=1S/C11H12F5NO/c1-5(18)3-4-17(2)11-9(15)7(13)6(12)8(14)10(11)16/h5,18H,3-4H2,1-2H3. The van der Waals surface area contributed by atoms with E-state index in [2.05, 4.69) is 0 Å². The van der Waals surface area contributed by atoms with Crippen molar-refractivity contribution in [3.8, 4) is 0 Å². The highest BCUT2D eigenvalue weighted by Crippen LogP contribution is 2.29. The molecule has 1 rings (SSSR count). The molecule has 0 aliphatic rings. The highest BCUT2D eigenvalue weighted by molar-refractivity contribution is 5.49. The molecule has 18 heavy (non-hydrogen) atoms. The number of hydrogen-bond donors (Lipinski definition) is 1. The summed E-state index contributed by atoms with van der Waals surface area (Å²) in [7, 11) is 1.18. The highest BCUT2D eigenvalue weighted by atomic mass is 19.2. The molecule has 0 aromatic heterocycles. The maximum atomic E-state index is 13.4. The van der Waals surface area contributed by atoms with Gasteiger partial charge in [0.1, 0.15) is 5.69 Å². The molecule has 7 heteroatoms. The van der Waals surface area contributed by atoms with E-state index in [1.54, 1.807) is 0 Å². The Labute approximate surface area is 101 Å². The molecule has 0 fully saturated rings. The lowest BCUT2D eigenvalue weighted by Crippen LogP contribution is -2.25. The zero-order chi connectivity index (χ0) is 14.0. The lowest BCUT2D eigenvalue weighted by atomic mass is 10.2. The fraction of sp³-hybridized carbons (Fsp3) is 0.455. The van der Waals surface area contributed by atoms with Crippen LogP contribution in [0, 0.1) is 29.1 Å². The SMILES string of the molecule is CC(O)CCN(C)c1c(F)c(F)c(F)c(F)c1F. The van der Waals surface area contributed by atoms with Crippen molar-refractivity contribution in [1.29, 1.82) is 0 Å². The van der Waals surface area contributed by atoms with Gasteiger partial charge >= 0.3 is 0 Å². The van der Waals surface area contributed by atoms with Crippen molar-refractivity contribution in [3.63, 3.8) is 0 Å². The Morgan fingerprint density at radius 3 is 1.72 bits per heavy atom. The Morgan fingerprint density at radius 2 is 1.33 bits per heavy atom. The summed E-state index contributed by atoms with van der Waals surface area (Å²) >= 11 is 0. The molecule has 0 bridgehead atoms. The second kappa shape index (κ2) is 5.51. The van der Waals surface area contributed by atoms with E-state index in [1.165, 1.54) is 14.0 Å². The summed E-state index contributed by atoms with van der Waals surface area (Å²) in [6, 6.07) is 0. The largest absolute Gasteiger partial charge is 0.393 e. The van der Waals surface area contributed by atoms with Crippen molar-refractivity contribution < 1.29 is 27.1 Å². The average molecular weight is 269 g/mol. The van der Waals surface area contributed by atoms with E-state index in [9.17, 15) is 22.0 Å². The van der Waals surface area contributed by atoms with Gasteiger partial charge in [-0.25, -0.2) is 22.0 Å². The van der Waals surface area contributed by atoms with E-state index in [1.807, 2.05) is 0 Å². The summed E-state index contributed by atoms with van der Waals surface area (Å²) in [5.74, 6) is -9.89. The number of rotatable bonds is 4. The number of aliphatic hydroxyl groups is 1. The van der Waals surface area contributed by atoms with Gasteiger partial charge in [0.15, 0.2) is 23.3 Å². The predicted octanol–water partition coefficient (Wildman–Crippen LogP) is 2.59. The summed E-state index contributed by atoms with van der Waals surface area (Å²) in [6.07, 6.45) is -0.607. The molecule has 2 nitrogen and oxygen atoms in total. The van der Waals surface area contributed by atoms with Crippen molar-refractivity contribution >= 4 is 5.69 Å². The van der Waals surface area contributed by atoms with Gasteiger partial charge in [-0.15, -0.1) is 0 Å². The van der Waals surface area contributed by atoms with Crippen molar-refractivity contribution in [2.75, 3.05) is 18.5 Å². The third-order valence-corrected chi connectivity index (χ3v) is 2.45. The molecule has 0 radical (unpaired) electrons. The van der Waals surface area contributed by atoms with Crippen LogP contribution in [0.3, 0.4) is 0 Å². The molecule has 1 aromatic carbocycles. The van der Waals surface area contributed by atoms with Gasteiger partial charge in [-0.3, -0.25) is 0 Å². The molecule has 0 saturated carbocycles. The van der Waals surface area contributed by atoms with Gasteiger partial charge in [0.05, 0.1) is 6.10 Å². The van der Waals surface area contributed by atoms with E-state index >= 15 is 0 Å². The summed E-state index contributed by atoms with van der Waals surface area (Å²) in [6.45, 7) is 1.41. The van der Waals surface area contributed by atoms with E-state index in [4.69, 9.17) is 5.11 Å². The average Bonchev–Trinajstić information content (AvgIpc) is 2.31. The number of nitrogens with zero attached hydrogens (tertiary/aromatic N) is 1. The monoisotopic (exact) mass is 269 g/mol. The van der Waals surface area contributed by atoms with Crippen molar-refractivity contribution in [3.05, 3.63) is 29.1 Å². The topological polar surface area (TPSA) is 23.5 Å². The summed E-state index contributed by atoms with van der Waals surface area (Å²) in [5.41, 5.74) is -0.993. The first-order valence-corrected chi connectivity index (χ1v) is 5.18. The molecule has 102 valence electrons. The normalized spacial score (nSPS) is 12.7. The maximum absolute atomic E-state index is 13.4. The number of anilines is 1. The quantitative estimate of drug-likeness (QED) is 0.516. The molecular weight excluding hydrogens is 257 g/mol. The van der Waals surface area contributed by atoms with Gasteiger partial charge in [-0.05, 0) is 13.3 Å². The summed E-state index contributed by atoms with van der Waals surface area (Å²) in [5, 5.41) is 9.02. The van der Waals surface area contributed by atoms with E-state index < -0.39 is 40.9 Å². The summed E-state index contributed by atoms with van der Waals surface area (Å²) in [4.78, 5) is 0.878. The lowest BCUT2D eigenvalue weighted by Gasteiger charge is -2.21. The van der Waals surface area contributed by atoms with Gasteiger partial charge in [0, 0.05) is 13.6 Å². The van der Waals surface area contributed by atoms with Gasteiger partial charge in [0.2, 0.25) is 5.82 Å². The Morgan fingerprint density at radius 1 is 0.944 bits per heavy atom. The highest BCUT2D eigenvalue weighted by Gasteiger charge is 2.27. The molecule has 1 N–H and O–H groups in total. The first kappa shape index (κ1) is 14.7. The van der Waals surface area contributed by atoms with Crippen LogP contribution in [0.25, 0.3) is 0 Å². The van der Waals surface area contributed by atoms with Gasteiger partial charge < -0.3 is 10.0 Å². The third kappa shape index (κ3) is 2.72. The molecule has 0 saturated heterocycles. The van der Waals surface area contributed by atoms with Crippen LogP contribution in [0.15, 0.2) is 0 Å². The number of benzene rings is 1. The first-order chi connectivity index (χ1) is 8.27. The minimum atomic E-state index is -2.18. The second-order valence-electron chi connectivity index (χ2n) is 3.98. The molecule has 0 heterocycles. The lowest BCUT2D eigenvalue weighted by molar-refractivity contribution is 0.186. The molecule has 1 unspecified atom stereocenters. The molecule has 0 aliphatic carbocycles. The van der Waals surface area contributed by atoms with Crippen LogP contribution in [0.4, 0.5) is 27.6 Å². The minimum Gasteiger partial charge on any atom is -0.393 e. The fourth-order valence-corrected chi connectivity index (χ4v) is 1.42. The molecule has 1 atom stereocenters. The third-order valence-electron chi connectivity index (χ3n) is 2.45. The van der Waals surface area contributed by atoms with E-state index in [0.29, 0.717) is 0 Å². The van der Waals surface area contributed by atoms with Crippen LogP contribution in [-0.4, -0.2) is 24.8 Å². The van der Waals surface area contributed by atoms with Gasteiger partial charge in [-0.1, -0.05) is 0 Å². The van der Waals surface area contributed by atoms with Crippen LogP contribution >= 0.6 is 0 Å². The first-order valence-electron chi connectivity index (χ1n) is 5.18. The van der Waals surface area contributed by atoms with Crippen LogP contribution in [0.2, 0.25) is 0 Å². The predicted molar refractivity (Wildman–Crippen MR) is 55.8 cm³/mol. The summed E-state index contributed by atoms with van der Waals surface area (Å²) < 4.78 is 65.3. The van der Waals surface area contributed by atoms with Gasteiger partial charge in [0.25, 0.3) is 0 Å². The number of hydrogen-bond acceptors (Lipinski definition) is 2. The minimum absolute atomic E-state index is 0.0456. The van der Waals surface area contributed by atoms with Crippen molar-refractivity contribution in [2.24, 2.45) is 0 Å². The maximum Gasteiger partial charge on any atom is 0.200 e. The molecule has 0 aliphatic heterocycles. The fourth-order valence-electron chi connectivity index (χ4n) is 1.42. The van der Waals surface area contributed by atoms with Crippen LogP contribution in [0.5, 0.6) is 0 Å². The van der Waals surface area contributed by atoms with Crippen molar-refractivity contribution in [1.82, 2.24) is 0 Å². The number of halogens is 5. The van der Waals surface area contributed by atoms with Crippen LogP contribution < -0.4 is 4.90 Å². The zero-order valence-corrected chi connectivity index (χ0v) is 9.78. The van der Waals surface area contributed by atoms with Crippen LogP contribution in [0.1, 0.15) is 13.3 Å². The smallest absolute Gasteiger partial charge is 0.200 e. The van der Waals surface area contributed by atoms with E-state index in [-0.39, 0.29) is 13.0 Å². The second-order valence-corrected chi connectivity index (χ2v) is 3.98. The van der Waals surface area contributed by atoms with Gasteiger partial charge in [-0.2, -0.15) is 0 Å². The molecular formula is C11H12F5NO. The van der Waals surface area contributed by atoms with Crippen LogP contribution in [-0.2, 0) is 0 Å². The molecule has 0 amide bonds. The Bertz CT molecular complexity index is 421. The van der Waals surface area contributed by atoms with E-state index in [0.717, 1.165) is 4.90 Å². The van der Waals surface area contributed by atoms with Crippen molar-refractivity contribution in [2.45, 2.75) is 19.4 Å².